The molecule has 1 N–H and O–H groups in total. The molecule has 4 heterocycles. The number of aromatic nitrogens is 4. The smallest absolute Gasteiger partial charge is 0.132 e. The van der Waals surface area contributed by atoms with Crippen LogP contribution < -0.4 is 5.32 Å². The number of nitrogens with zero attached hydrogens (tertiary/aromatic N) is 4. The zero-order valence-electron chi connectivity index (χ0n) is 20.2. The summed E-state index contributed by atoms with van der Waals surface area (Å²) in [6.07, 6.45) is 3.78. The fraction of sp³-hybridized carbons (Fsp3) is 0.286. The summed E-state index contributed by atoms with van der Waals surface area (Å²) in [5, 5.41) is 3.33. The second kappa shape index (κ2) is 8.74. The van der Waals surface area contributed by atoms with E-state index in [0.717, 1.165) is 45.5 Å². The van der Waals surface area contributed by atoms with E-state index in [1.54, 1.807) is 0 Å². The molecule has 0 aliphatic carbocycles. The molecular formula is C28H31N5. The van der Waals surface area contributed by atoms with Gasteiger partial charge in [-0.05, 0) is 48.5 Å². The van der Waals surface area contributed by atoms with Gasteiger partial charge in [-0.2, -0.15) is 0 Å². The Kier molecular flexibility index (Phi) is 5.98. The van der Waals surface area contributed by atoms with Crippen molar-refractivity contribution >= 4 is 11.6 Å². The average molecular weight is 438 g/mol. The van der Waals surface area contributed by atoms with Crippen molar-refractivity contribution in [3.05, 3.63) is 84.4 Å². The van der Waals surface area contributed by atoms with Crippen LogP contribution in [-0.4, -0.2) is 19.9 Å². The number of hydrogen-bond acceptors (Lipinski definition) is 5. The third-order valence-electron chi connectivity index (χ3n) is 5.41. The third-order valence-corrected chi connectivity index (χ3v) is 5.41. The quantitative estimate of drug-likeness (QED) is 0.375. The Morgan fingerprint density at radius 2 is 0.970 bits per heavy atom. The van der Waals surface area contributed by atoms with Gasteiger partial charge < -0.3 is 5.32 Å². The summed E-state index contributed by atoms with van der Waals surface area (Å²) >= 11 is 0. The van der Waals surface area contributed by atoms with Crippen molar-refractivity contribution in [2.45, 2.75) is 52.4 Å². The minimum absolute atomic E-state index is 0.0225. The normalized spacial score (nSPS) is 11.9. The molecule has 4 aromatic rings. The predicted octanol–water partition coefficient (Wildman–Crippen LogP) is 6.94. The largest absolute Gasteiger partial charge is 0.325 e. The maximum atomic E-state index is 4.77. The van der Waals surface area contributed by atoms with Crippen molar-refractivity contribution < 1.29 is 0 Å². The highest BCUT2D eigenvalue weighted by molar-refractivity contribution is 5.65. The average Bonchev–Trinajstić information content (AvgIpc) is 2.78. The molecular weight excluding hydrogens is 406 g/mol. The third kappa shape index (κ3) is 5.43. The second-order valence-corrected chi connectivity index (χ2v) is 10.3. The summed E-state index contributed by atoms with van der Waals surface area (Å²) in [6.45, 7) is 13.0. The van der Waals surface area contributed by atoms with Crippen LogP contribution in [0.25, 0.3) is 22.5 Å². The molecule has 5 nitrogen and oxygen atoms in total. The molecule has 0 aromatic carbocycles. The minimum atomic E-state index is 0.0225. The van der Waals surface area contributed by atoms with Crippen molar-refractivity contribution in [1.82, 2.24) is 19.9 Å². The van der Waals surface area contributed by atoms with Crippen molar-refractivity contribution in [1.29, 1.82) is 0 Å². The van der Waals surface area contributed by atoms with Gasteiger partial charge >= 0.3 is 0 Å². The van der Waals surface area contributed by atoms with Crippen molar-refractivity contribution in [3.8, 4) is 22.5 Å². The highest BCUT2D eigenvalue weighted by Crippen LogP contribution is 2.26. The molecule has 4 rings (SSSR count). The summed E-state index contributed by atoms with van der Waals surface area (Å²) in [5.41, 5.74) is 5.87. The van der Waals surface area contributed by atoms with Gasteiger partial charge in [0.1, 0.15) is 11.6 Å². The van der Waals surface area contributed by atoms with E-state index in [0.29, 0.717) is 0 Å². The summed E-state index contributed by atoms with van der Waals surface area (Å²) in [4.78, 5) is 18.8. The second-order valence-electron chi connectivity index (χ2n) is 10.3. The van der Waals surface area contributed by atoms with Crippen LogP contribution in [0.5, 0.6) is 0 Å². The van der Waals surface area contributed by atoms with Crippen LogP contribution in [0, 0.1) is 0 Å². The highest BCUT2D eigenvalue weighted by Gasteiger charge is 2.16. The molecule has 0 fully saturated rings. The summed E-state index contributed by atoms with van der Waals surface area (Å²) in [7, 11) is 0. The zero-order valence-corrected chi connectivity index (χ0v) is 20.2. The summed E-state index contributed by atoms with van der Waals surface area (Å²) < 4.78 is 0. The minimum Gasteiger partial charge on any atom is -0.325 e. The van der Waals surface area contributed by atoms with Gasteiger partial charge in [0, 0.05) is 45.7 Å². The van der Waals surface area contributed by atoms with Crippen molar-refractivity contribution in [2.24, 2.45) is 0 Å². The summed E-state index contributed by atoms with van der Waals surface area (Å²) in [5.74, 6) is 1.47. The van der Waals surface area contributed by atoms with E-state index in [4.69, 9.17) is 9.97 Å². The first-order valence-electron chi connectivity index (χ1n) is 11.2. The Labute approximate surface area is 196 Å². The molecule has 0 radical (unpaired) electrons. The Bertz CT molecular complexity index is 1130. The fourth-order valence-corrected chi connectivity index (χ4v) is 3.44. The van der Waals surface area contributed by atoms with Crippen LogP contribution in [0.3, 0.4) is 0 Å². The number of hydrogen-bond donors (Lipinski definition) is 1. The van der Waals surface area contributed by atoms with Crippen molar-refractivity contribution in [2.75, 3.05) is 5.32 Å². The van der Waals surface area contributed by atoms with Gasteiger partial charge in [-0.25, -0.2) is 9.97 Å². The molecule has 0 saturated carbocycles. The van der Waals surface area contributed by atoms with Crippen LogP contribution in [-0.2, 0) is 10.8 Å². The standard InChI is InChI=1S/C28H31N5/c1-27(2,3)23-15-13-19(17-29-23)21-9-7-11-25(31-21)33-26-12-8-10-22(32-26)20-14-16-24(30-18-20)28(4,5)6/h7-18H,1-6H3,(H,31,32,33). The van der Waals surface area contributed by atoms with E-state index < -0.39 is 0 Å². The maximum absolute atomic E-state index is 4.77. The van der Waals surface area contributed by atoms with Crippen molar-refractivity contribution in [3.63, 3.8) is 0 Å². The molecule has 0 aliphatic heterocycles. The number of anilines is 2. The zero-order chi connectivity index (χ0) is 23.6. The fourth-order valence-electron chi connectivity index (χ4n) is 3.44. The van der Waals surface area contributed by atoms with Crippen LogP contribution in [0.4, 0.5) is 11.6 Å². The van der Waals surface area contributed by atoms with Gasteiger partial charge in [0.2, 0.25) is 0 Å². The first-order chi connectivity index (χ1) is 15.6. The summed E-state index contributed by atoms with van der Waals surface area (Å²) in [6, 6.07) is 20.1. The Balaban J connectivity index is 1.54. The van der Waals surface area contributed by atoms with Gasteiger partial charge in [0.25, 0.3) is 0 Å². The molecule has 4 aromatic heterocycles. The SMILES string of the molecule is CC(C)(C)c1ccc(-c2cccc(Nc3cccc(-c4ccc(C(C)(C)C)nc4)n3)n2)cn1. The molecule has 168 valence electrons. The van der Waals surface area contributed by atoms with Crippen LogP contribution >= 0.6 is 0 Å². The Hall–Kier alpha value is -3.60. The highest BCUT2D eigenvalue weighted by atomic mass is 15.1. The van der Waals surface area contributed by atoms with Gasteiger partial charge in [-0.1, -0.05) is 53.7 Å². The predicted molar refractivity (Wildman–Crippen MR) is 136 cm³/mol. The van der Waals surface area contributed by atoms with Gasteiger partial charge in [-0.3, -0.25) is 9.97 Å². The van der Waals surface area contributed by atoms with Crippen LogP contribution in [0.2, 0.25) is 0 Å². The van der Waals surface area contributed by atoms with E-state index in [2.05, 4.69) is 81.1 Å². The van der Waals surface area contributed by atoms with E-state index in [-0.39, 0.29) is 10.8 Å². The first-order valence-corrected chi connectivity index (χ1v) is 11.2. The van der Waals surface area contributed by atoms with E-state index >= 15 is 0 Å². The first kappa shape index (κ1) is 22.6. The number of rotatable bonds is 4. The van der Waals surface area contributed by atoms with Gasteiger partial charge in [0.05, 0.1) is 11.4 Å². The molecule has 0 amide bonds. The van der Waals surface area contributed by atoms with Gasteiger partial charge in [-0.15, -0.1) is 0 Å². The monoisotopic (exact) mass is 437 g/mol. The van der Waals surface area contributed by atoms with Crippen LogP contribution in [0.1, 0.15) is 52.9 Å². The Morgan fingerprint density at radius 3 is 1.30 bits per heavy atom. The molecule has 0 atom stereocenters. The number of nitrogens with one attached hydrogen (secondary N) is 1. The van der Waals surface area contributed by atoms with Crippen LogP contribution in [0.15, 0.2) is 73.1 Å². The van der Waals surface area contributed by atoms with Gasteiger partial charge in [0.15, 0.2) is 0 Å². The molecule has 0 bridgehead atoms. The lowest BCUT2D eigenvalue weighted by Crippen LogP contribution is -2.13. The molecule has 33 heavy (non-hydrogen) atoms. The molecule has 0 saturated heterocycles. The number of pyridine rings is 4. The van der Waals surface area contributed by atoms with E-state index in [1.807, 2.05) is 48.8 Å². The molecule has 0 unspecified atom stereocenters. The Morgan fingerprint density at radius 1 is 0.545 bits per heavy atom. The maximum Gasteiger partial charge on any atom is 0.132 e. The molecule has 0 spiro atoms. The van der Waals surface area contributed by atoms with E-state index in [9.17, 15) is 0 Å². The molecule has 0 aliphatic rings. The topological polar surface area (TPSA) is 63.6 Å². The lowest BCUT2D eigenvalue weighted by molar-refractivity contribution is 0.569. The molecule has 5 heteroatoms. The lowest BCUT2D eigenvalue weighted by Gasteiger charge is -2.17. The lowest BCUT2D eigenvalue weighted by atomic mass is 9.91. The van der Waals surface area contributed by atoms with E-state index in [1.165, 1.54) is 0 Å².